The van der Waals surface area contributed by atoms with Gasteiger partial charge in [0.25, 0.3) is 5.91 Å². The zero-order chi connectivity index (χ0) is 20.1. The first kappa shape index (κ1) is 19.3. The van der Waals surface area contributed by atoms with E-state index in [1.54, 1.807) is 19.2 Å². The molecule has 1 N–H and O–H groups in total. The van der Waals surface area contributed by atoms with E-state index in [0.29, 0.717) is 40.8 Å². The van der Waals surface area contributed by atoms with Crippen molar-refractivity contribution in [1.82, 2.24) is 0 Å². The molecule has 0 bridgehead atoms. The average Bonchev–Trinajstić information content (AvgIpc) is 3.23. The molecule has 3 rings (SSSR count). The maximum atomic E-state index is 12.6. The molecular formula is C20H22N2O6. The molecule has 28 heavy (non-hydrogen) atoms. The summed E-state index contributed by atoms with van der Waals surface area (Å²) < 4.78 is 21.1. The third kappa shape index (κ3) is 3.95. The smallest absolute Gasteiger partial charge is 0.268 e. The van der Waals surface area contributed by atoms with Gasteiger partial charge in [0.15, 0.2) is 11.5 Å². The lowest BCUT2D eigenvalue weighted by atomic mass is 10.0. The molecule has 0 spiro atoms. The number of ether oxygens (including phenoxy) is 4. The predicted octanol–water partition coefficient (Wildman–Crippen LogP) is 2.85. The molecule has 0 saturated heterocycles. The molecular weight excluding hydrogens is 364 g/mol. The van der Waals surface area contributed by atoms with Crippen LogP contribution in [0, 0.1) is 0 Å². The molecule has 148 valence electrons. The molecule has 1 aliphatic heterocycles. The predicted molar refractivity (Wildman–Crippen MR) is 104 cm³/mol. The number of hydrogen-bond acceptors (Lipinski definition) is 7. The van der Waals surface area contributed by atoms with E-state index in [4.69, 9.17) is 23.8 Å². The molecule has 1 aliphatic rings. The van der Waals surface area contributed by atoms with Crippen LogP contribution in [-0.4, -0.2) is 46.2 Å². The van der Waals surface area contributed by atoms with Crippen molar-refractivity contribution < 1.29 is 28.6 Å². The monoisotopic (exact) mass is 386 g/mol. The van der Waals surface area contributed by atoms with Crippen LogP contribution < -0.4 is 24.3 Å². The Balaban J connectivity index is 1.71. The van der Waals surface area contributed by atoms with Gasteiger partial charge in [0.05, 0.1) is 34.2 Å². The number of oxime groups is 1. The summed E-state index contributed by atoms with van der Waals surface area (Å²) in [5.41, 5.74) is 2.03. The maximum Gasteiger partial charge on any atom is 0.268 e. The molecule has 0 radical (unpaired) electrons. The lowest BCUT2D eigenvalue weighted by Gasteiger charge is -2.15. The highest BCUT2D eigenvalue weighted by Crippen LogP contribution is 2.40. The number of nitrogens with zero attached hydrogens (tertiary/aromatic N) is 1. The van der Waals surface area contributed by atoms with Gasteiger partial charge >= 0.3 is 0 Å². The zero-order valence-electron chi connectivity index (χ0n) is 16.1. The van der Waals surface area contributed by atoms with Crippen molar-refractivity contribution >= 4 is 17.3 Å². The van der Waals surface area contributed by atoms with E-state index in [2.05, 4.69) is 10.5 Å². The second kappa shape index (κ2) is 8.51. The second-order valence-corrected chi connectivity index (χ2v) is 5.97. The van der Waals surface area contributed by atoms with Crippen molar-refractivity contribution in [3.05, 3.63) is 42.0 Å². The first-order valence-electron chi connectivity index (χ1n) is 8.57. The Morgan fingerprint density at radius 3 is 2.36 bits per heavy atom. The summed E-state index contributed by atoms with van der Waals surface area (Å²) in [7, 11) is 6.14. The molecule has 0 fully saturated rings. The van der Waals surface area contributed by atoms with Crippen LogP contribution in [0.4, 0.5) is 5.69 Å². The first-order valence-corrected chi connectivity index (χ1v) is 8.57. The summed E-state index contributed by atoms with van der Waals surface area (Å²) in [5, 5.41) is 6.85. The molecule has 0 aromatic heterocycles. The van der Waals surface area contributed by atoms with Gasteiger partial charge in [-0.25, -0.2) is 0 Å². The van der Waals surface area contributed by atoms with Crippen LogP contribution in [0.1, 0.15) is 12.0 Å². The molecule has 1 amide bonds. The normalized spacial score (nSPS) is 15.3. The van der Waals surface area contributed by atoms with E-state index >= 15 is 0 Å². The van der Waals surface area contributed by atoms with Crippen molar-refractivity contribution in [2.75, 3.05) is 33.8 Å². The fourth-order valence-electron chi connectivity index (χ4n) is 2.87. The molecule has 0 saturated carbocycles. The van der Waals surface area contributed by atoms with Gasteiger partial charge in [0, 0.05) is 29.8 Å². The zero-order valence-corrected chi connectivity index (χ0v) is 16.1. The minimum absolute atomic E-state index is 0.323. The van der Waals surface area contributed by atoms with Crippen LogP contribution in [-0.2, 0) is 9.63 Å². The molecule has 0 aliphatic carbocycles. The summed E-state index contributed by atoms with van der Waals surface area (Å²) in [4.78, 5) is 18.0. The van der Waals surface area contributed by atoms with E-state index in [1.807, 2.05) is 24.3 Å². The summed E-state index contributed by atoms with van der Waals surface area (Å²) in [6.07, 6.45) is -0.385. The van der Waals surface area contributed by atoms with Crippen LogP contribution in [0.5, 0.6) is 23.0 Å². The number of hydrogen-bond donors (Lipinski definition) is 1. The lowest BCUT2D eigenvalue weighted by molar-refractivity contribution is -0.125. The molecule has 1 heterocycles. The van der Waals surface area contributed by atoms with Gasteiger partial charge in [0.1, 0.15) is 5.75 Å². The molecule has 8 heteroatoms. The molecule has 0 unspecified atom stereocenters. The van der Waals surface area contributed by atoms with E-state index in [1.165, 1.54) is 21.3 Å². The third-order valence-corrected chi connectivity index (χ3v) is 4.30. The van der Waals surface area contributed by atoms with Crippen molar-refractivity contribution in [2.45, 2.75) is 12.5 Å². The van der Waals surface area contributed by atoms with Gasteiger partial charge < -0.3 is 29.1 Å². The number of nitrogens with one attached hydrogen (secondary N) is 1. The Labute approximate surface area is 163 Å². The Kier molecular flexibility index (Phi) is 5.88. The van der Waals surface area contributed by atoms with Crippen LogP contribution in [0.2, 0.25) is 0 Å². The lowest BCUT2D eigenvalue weighted by Crippen LogP contribution is -2.28. The summed E-state index contributed by atoms with van der Waals surface area (Å²) in [6, 6.07) is 10.7. The minimum Gasteiger partial charge on any atom is -0.497 e. The highest BCUT2D eigenvalue weighted by Gasteiger charge is 2.29. The molecule has 8 nitrogen and oxygen atoms in total. The van der Waals surface area contributed by atoms with Gasteiger partial charge in [-0.1, -0.05) is 17.3 Å². The van der Waals surface area contributed by atoms with Gasteiger partial charge in [-0.3, -0.25) is 4.79 Å². The Hall–Kier alpha value is -3.42. The van der Waals surface area contributed by atoms with Crippen LogP contribution in [0.3, 0.4) is 0 Å². The van der Waals surface area contributed by atoms with Crippen LogP contribution >= 0.6 is 0 Å². The summed E-state index contributed by atoms with van der Waals surface area (Å²) in [6.45, 7) is 0. The largest absolute Gasteiger partial charge is 0.497 e. The Morgan fingerprint density at radius 2 is 1.75 bits per heavy atom. The molecule has 2 aromatic rings. The van der Waals surface area contributed by atoms with Crippen LogP contribution in [0.25, 0.3) is 0 Å². The standard InChI is InChI=1S/C20H22N2O6/c1-24-14-7-5-6-12(8-14)15-11-18(28-22-15)20(23)21-13-9-16(25-2)19(27-4)17(10-13)26-3/h5-10,18H,11H2,1-4H3,(H,21,23)/t18-/m1/s1. The van der Waals surface area contributed by atoms with Gasteiger partial charge in [0.2, 0.25) is 11.9 Å². The number of rotatable bonds is 7. The number of methoxy groups -OCH3 is 4. The highest BCUT2D eigenvalue weighted by atomic mass is 16.6. The highest BCUT2D eigenvalue weighted by molar-refractivity contribution is 6.06. The van der Waals surface area contributed by atoms with E-state index in [0.717, 1.165) is 5.56 Å². The SMILES string of the molecule is COc1cccc(C2=NO[C@@H](C(=O)Nc3cc(OC)c(OC)c(OC)c3)C2)c1. The Morgan fingerprint density at radius 1 is 1.04 bits per heavy atom. The van der Waals surface area contributed by atoms with Crippen LogP contribution in [0.15, 0.2) is 41.6 Å². The topological polar surface area (TPSA) is 87.6 Å². The Bertz CT molecular complexity index is 871. The number of anilines is 1. The second-order valence-electron chi connectivity index (χ2n) is 5.97. The summed E-state index contributed by atoms with van der Waals surface area (Å²) in [5.74, 6) is 1.72. The van der Waals surface area contributed by atoms with E-state index in [-0.39, 0.29) is 5.91 Å². The van der Waals surface area contributed by atoms with Gasteiger partial charge in [-0.05, 0) is 12.1 Å². The van der Waals surface area contributed by atoms with Gasteiger partial charge in [-0.15, -0.1) is 0 Å². The van der Waals surface area contributed by atoms with E-state index < -0.39 is 6.10 Å². The minimum atomic E-state index is -0.736. The number of carbonyl (C=O) groups is 1. The van der Waals surface area contributed by atoms with Crippen molar-refractivity contribution in [1.29, 1.82) is 0 Å². The van der Waals surface area contributed by atoms with E-state index in [9.17, 15) is 4.79 Å². The maximum absolute atomic E-state index is 12.6. The molecule has 2 aromatic carbocycles. The van der Waals surface area contributed by atoms with Gasteiger partial charge in [-0.2, -0.15) is 0 Å². The number of benzene rings is 2. The number of amides is 1. The quantitative estimate of drug-likeness (QED) is 0.787. The average molecular weight is 386 g/mol. The fourth-order valence-corrected chi connectivity index (χ4v) is 2.87. The van der Waals surface area contributed by atoms with Crippen molar-refractivity contribution in [3.8, 4) is 23.0 Å². The van der Waals surface area contributed by atoms with Crippen molar-refractivity contribution in [3.63, 3.8) is 0 Å². The number of carbonyl (C=O) groups excluding carboxylic acids is 1. The first-order chi connectivity index (χ1) is 13.6. The fraction of sp³-hybridized carbons (Fsp3) is 0.300. The van der Waals surface area contributed by atoms with Crippen molar-refractivity contribution in [2.24, 2.45) is 5.16 Å². The third-order valence-electron chi connectivity index (χ3n) is 4.30. The summed E-state index contributed by atoms with van der Waals surface area (Å²) >= 11 is 0. The molecule has 1 atom stereocenters.